The minimum absolute atomic E-state index is 1.21. The van der Waals surface area contributed by atoms with Crippen LogP contribution < -0.4 is 10.4 Å². The third-order valence-electron chi connectivity index (χ3n) is 3.56. The molecular weight excluding hydrogens is 216 g/mol. The maximum atomic E-state index is 3.39. The molecule has 0 spiro atoms. The normalized spacial score (nSPS) is 12.7. The zero-order valence-electron chi connectivity index (χ0n) is 9.85. The molecule has 0 fully saturated rings. The smallest absolute Gasteiger partial charge is 0.0615 e. The fourth-order valence-corrected chi connectivity index (χ4v) is 2.77. The van der Waals surface area contributed by atoms with E-state index in [1.807, 2.05) is 6.08 Å². The SMILES string of the molecule is [C+]1=c2c(c3ccccc3c3ccccc23)=CC=C1. The summed E-state index contributed by atoms with van der Waals surface area (Å²) in [6, 6.07) is 17.2. The van der Waals surface area contributed by atoms with Crippen LogP contribution in [0.2, 0.25) is 0 Å². The van der Waals surface area contributed by atoms with Crippen LogP contribution in [0.3, 0.4) is 0 Å². The fraction of sp³-hybridized carbons (Fsp3) is 0. The Hall–Kier alpha value is -2.43. The van der Waals surface area contributed by atoms with Gasteiger partial charge in [-0.25, -0.2) is 0 Å². The third kappa shape index (κ3) is 1.18. The summed E-state index contributed by atoms with van der Waals surface area (Å²) in [5.41, 5.74) is 0. The van der Waals surface area contributed by atoms with Gasteiger partial charge >= 0.3 is 0 Å². The van der Waals surface area contributed by atoms with Gasteiger partial charge in [-0.1, -0.05) is 30.3 Å². The van der Waals surface area contributed by atoms with Gasteiger partial charge < -0.3 is 0 Å². The van der Waals surface area contributed by atoms with Crippen LogP contribution in [-0.2, 0) is 0 Å². The Morgan fingerprint density at radius 1 is 0.667 bits per heavy atom. The van der Waals surface area contributed by atoms with E-state index in [9.17, 15) is 0 Å². The summed E-state index contributed by atoms with van der Waals surface area (Å²) in [7, 11) is 0. The Labute approximate surface area is 105 Å². The lowest BCUT2D eigenvalue weighted by atomic mass is 9.96. The van der Waals surface area contributed by atoms with Crippen molar-refractivity contribution in [3.63, 3.8) is 0 Å². The monoisotopic (exact) mass is 227 g/mol. The molecule has 0 amide bonds. The summed E-state index contributed by atoms with van der Waals surface area (Å²) < 4.78 is 0. The van der Waals surface area contributed by atoms with Gasteiger partial charge in [-0.05, 0) is 18.2 Å². The number of rotatable bonds is 0. The molecule has 0 saturated heterocycles. The summed E-state index contributed by atoms with van der Waals surface area (Å²) >= 11 is 0. The van der Waals surface area contributed by atoms with Crippen molar-refractivity contribution < 1.29 is 0 Å². The summed E-state index contributed by atoms with van der Waals surface area (Å²) in [5.74, 6) is 0. The van der Waals surface area contributed by atoms with Gasteiger partial charge in [0.2, 0.25) is 0 Å². The van der Waals surface area contributed by atoms with Crippen LogP contribution >= 0.6 is 0 Å². The summed E-state index contributed by atoms with van der Waals surface area (Å²) in [5, 5.41) is 7.72. The summed E-state index contributed by atoms with van der Waals surface area (Å²) in [6.45, 7) is 0. The van der Waals surface area contributed by atoms with Crippen LogP contribution in [0, 0.1) is 0 Å². The lowest BCUT2D eigenvalue weighted by Crippen LogP contribution is -2.27. The number of allylic oxidation sites excluding steroid dienone is 2. The molecule has 1 aliphatic carbocycles. The first-order chi connectivity index (χ1) is 8.95. The highest BCUT2D eigenvalue weighted by atomic mass is 14.1. The Morgan fingerprint density at radius 2 is 1.28 bits per heavy atom. The van der Waals surface area contributed by atoms with Crippen molar-refractivity contribution in [3.8, 4) is 0 Å². The van der Waals surface area contributed by atoms with Gasteiger partial charge in [0.05, 0.1) is 16.7 Å². The minimum Gasteiger partial charge on any atom is -0.0615 e. The Morgan fingerprint density at radius 3 is 2.06 bits per heavy atom. The van der Waals surface area contributed by atoms with Gasteiger partial charge in [-0.15, -0.1) is 0 Å². The first-order valence-corrected chi connectivity index (χ1v) is 6.15. The first-order valence-electron chi connectivity index (χ1n) is 6.15. The molecule has 0 nitrogen and oxygen atoms in total. The average molecular weight is 227 g/mol. The third-order valence-corrected chi connectivity index (χ3v) is 3.56. The fourth-order valence-electron chi connectivity index (χ4n) is 2.77. The molecule has 18 heavy (non-hydrogen) atoms. The molecule has 0 atom stereocenters. The van der Waals surface area contributed by atoms with Crippen LogP contribution in [0.15, 0.2) is 60.7 Å². The first kappa shape index (κ1) is 9.58. The predicted molar refractivity (Wildman–Crippen MR) is 77.7 cm³/mol. The highest BCUT2D eigenvalue weighted by Gasteiger charge is 2.11. The summed E-state index contributed by atoms with van der Waals surface area (Å²) in [6.07, 6.45) is 9.62. The van der Waals surface area contributed by atoms with Gasteiger partial charge in [0, 0.05) is 34.4 Å². The maximum absolute atomic E-state index is 3.39. The number of hydrogen-bond acceptors (Lipinski definition) is 0. The highest BCUT2D eigenvalue weighted by Crippen LogP contribution is 2.20. The van der Waals surface area contributed by atoms with Crippen molar-refractivity contribution in [3.05, 3.63) is 71.1 Å². The minimum atomic E-state index is 1.21. The van der Waals surface area contributed by atoms with E-state index in [2.05, 4.69) is 66.8 Å². The van der Waals surface area contributed by atoms with E-state index in [0.29, 0.717) is 0 Å². The van der Waals surface area contributed by atoms with Gasteiger partial charge in [0.25, 0.3) is 0 Å². The van der Waals surface area contributed by atoms with Gasteiger partial charge in [-0.2, -0.15) is 0 Å². The topological polar surface area (TPSA) is 0 Å². The van der Waals surface area contributed by atoms with E-state index in [1.54, 1.807) is 0 Å². The second kappa shape index (κ2) is 3.53. The molecule has 1 aliphatic rings. The summed E-state index contributed by atoms with van der Waals surface area (Å²) in [4.78, 5) is 0. The van der Waals surface area contributed by atoms with E-state index >= 15 is 0 Å². The second-order valence-corrected chi connectivity index (χ2v) is 4.55. The van der Waals surface area contributed by atoms with E-state index in [-0.39, 0.29) is 0 Å². The van der Waals surface area contributed by atoms with E-state index in [4.69, 9.17) is 0 Å². The van der Waals surface area contributed by atoms with Crippen LogP contribution in [0.1, 0.15) is 0 Å². The van der Waals surface area contributed by atoms with Gasteiger partial charge in [-0.3, -0.25) is 0 Å². The lowest BCUT2D eigenvalue weighted by molar-refractivity contribution is 1.62. The van der Waals surface area contributed by atoms with Crippen molar-refractivity contribution in [1.29, 1.82) is 0 Å². The quantitative estimate of drug-likeness (QED) is 0.409. The molecule has 0 aliphatic heterocycles. The average Bonchev–Trinajstić information content (AvgIpc) is 2.48. The molecule has 0 N–H and O–H groups in total. The Kier molecular flexibility index (Phi) is 1.88. The van der Waals surface area contributed by atoms with E-state index in [0.717, 1.165) is 0 Å². The molecule has 0 aromatic heterocycles. The Balaban J connectivity index is 2.48. The van der Waals surface area contributed by atoms with Crippen molar-refractivity contribution >= 4 is 33.7 Å². The number of fused-ring (bicyclic) bond motifs is 6. The van der Waals surface area contributed by atoms with Crippen molar-refractivity contribution in [2.45, 2.75) is 0 Å². The lowest BCUT2D eigenvalue weighted by Gasteiger charge is -2.02. The number of benzene rings is 3. The van der Waals surface area contributed by atoms with Crippen LogP contribution in [0.5, 0.6) is 0 Å². The molecule has 0 radical (unpaired) electrons. The molecule has 82 valence electrons. The highest BCUT2D eigenvalue weighted by molar-refractivity contribution is 6.08. The zero-order chi connectivity index (χ0) is 11.9. The Bertz CT molecular complexity index is 835. The molecule has 0 saturated carbocycles. The predicted octanol–water partition coefficient (Wildman–Crippen LogP) is 3.00. The molecule has 0 unspecified atom stereocenters. The largest absolute Gasteiger partial charge is 0.163 e. The van der Waals surface area contributed by atoms with Crippen molar-refractivity contribution in [1.82, 2.24) is 0 Å². The van der Waals surface area contributed by atoms with E-state index in [1.165, 1.54) is 32.0 Å². The van der Waals surface area contributed by atoms with Gasteiger partial charge in [0.15, 0.2) is 5.22 Å². The molecule has 3 aromatic rings. The number of hydrogen-bond donors (Lipinski definition) is 0. The molecule has 4 rings (SSSR count). The molecule has 0 heteroatoms. The molecule has 0 heterocycles. The molecular formula is C18H11+. The van der Waals surface area contributed by atoms with Crippen LogP contribution in [-0.4, -0.2) is 0 Å². The zero-order valence-corrected chi connectivity index (χ0v) is 9.85. The molecule has 0 bridgehead atoms. The van der Waals surface area contributed by atoms with Gasteiger partial charge in [0.1, 0.15) is 0 Å². The van der Waals surface area contributed by atoms with Crippen LogP contribution in [0.25, 0.3) is 33.7 Å². The molecule has 3 aromatic carbocycles. The standard InChI is InChI=1S/C18H11/c1-2-8-14-13(7-1)15-9-3-4-11-17(15)18-12-6-5-10-16(14)18/h1-11H/q+1. The van der Waals surface area contributed by atoms with Crippen molar-refractivity contribution in [2.24, 2.45) is 0 Å². The van der Waals surface area contributed by atoms with Crippen LogP contribution in [0.4, 0.5) is 0 Å². The van der Waals surface area contributed by atoms with E-state index < -0.39 is 0 Å². The second-order valence-electron chi connectivity index (χ2n) is 4.55. The van der Waals surface area contributed by atoms with Crippen molar-refractivity contribution in [2.75, 3.05) is 0 Å². The maximum Gasteiger partial charge on any atom is 0.163 e.